The standard InChI is InChI=1S/C12H20N4/c1-16(2)12(11-3-4-11)8-13-5-10-6-14-9-15-7-10/h6-7,9,11-13H,3-5,8H2,1-2H3. The van der Waals surface area contributed by atoms with Gasteiger partial charge in [0.25, 0.3) is 0 Å². The molecule has 1 heterocycles. The summed E-state index contributed by atoms with van der Waals surface area (Å²) in [5.74, 6) is 0.898. The first-order valence-corrected chi connectivity index (χ1v) is 5.88. The second-order valence-corrected chi connectivity index (χ2v) is 4.75. The molecule has 1 fully saturated rings. The Balaban J connectivity index is 1.74. The summed E-state index contributed by atoms with van der Waals surface area (Å²) in [5.41, 5.74) is 1.15. The van der Waals surface area contributed by atoms with Crippen molar-refractivity contribution in [3.05, 3.63) is 24.3 Å². The Labute approximate surface area is 97.1 Å². The van der Waals surface area contributed by atoms with Gasteiger partial charge in [0.15, 0.2) is 0 Å². The summed E-state index contributed by atoms with van der Waals surface area (Å²) in [4.78, 5) is 10.3. The topological polar surface area (TPSA) is 41.0 Å². The minimum atomic E-state index is 0.671. The largest absolute Gasteiger partial charge is 0.311 e. The Kier molecular flexibility index (Phi) is 3.85. The van der Waals surface area contributed by atoms with Crippen molar-refractivity contribution in [2.24, 2.45) is 5.92 Å². The molecule has 1 aliphatic carbocycles. The van der Waals surface area contributed by atoms with Crippen LogP contribution in [0.5, 0.6) is 0 Å². The summed E-state index contributed by atoms with van der Waals surface area (Å²) in [6, 6.07) is 0.671. The van der Waals surface area contributed by atoms with E-state index in [1.54, 1.807) is 6.33 Å². The van der Waals surface area contributed by atoms with Gasteiger partial charge in [-0.1, -0.05) is 0 Å². The lowest BCUT2D eigenvalue weighted by atomic mass is 10.1. The zero-order valence-corrected chi connectivity index (χ0v) is 10.1. The average molecular weight is 220 g/mol. The van der Waals surface area contributed by atoms with Crippen LogP contribution in [0.4, 0.5) is 0 Å². The molecule has 4 heteroatoms. The molecular formula is C12H20N4. The zero-order valence-electron chi connectivity index (χ0n) is 10.1. The van der Waals surface area contributed by atoms with Gasteiger partial charge in [-0.3, -0.25) is 0 Å². The number of rotatable bonds is 6. The molecule has 88 valence electrons. The van der Waals surface area contributed by atoms with Crippen LogP contribution in [-0.2, 0) is 6.54 Å². The molecule has 4 nitrogen and oxygen atoms in total. The summed E-state index contributed by atoms with van der Waals surface area (Å²) in [6.45, 7) is 1.91. The van der Waals surface area contributed by atoms with E-state index in [9.17, 15) is 0 Å². The van der Waals surface area contributed by atoms with Crippen molar-refractivity contribution in [2.45, 2.75) is 25.4 Å². The average Bonchev–Trinajstić information content (AvgIpc) is 3.09. The van der Waals surface area contributed by atoms with Crippen LogP contribution in [0.25, 0.3) is 0 Å². The fourth-order valence-corrected chi connectivity index (χ4v) is 2.04. The van der Waals surface area contributed by atoms with Gasteiger partial charge < -0.3 is 10.2 Å². The maximum Gasteiger partial charge on any atom is 0.115 e. The highest BCUT2D eigenvalue weighted by Crippen LogP contribution is 2.34. The maximum absolute atomic E-state index is 4.00. The Morgan fingerprint density at radius 1 is 1.38 bits per heavy atom. The van der Waals surface area contributed by atoms with Gasteiger partial charge in [-0.2, -0.15) is 0 Å². The SMILES string of the molecule is CN(C)C(CNCc1cncnc1)C1CC1. The summed E-state index contributed by atoms with van der Waals surface area (Å²) < 4.78 is 0. The molecule has 0 aromatic carbocycles. The molecule has 0 bridgehead atoms. The molecule has 0 amide bonds. The highest BCUT2D eigenvalue weighted by Gasteiger charge is 2.31. The van der Waals surface area contributed by atoms with Crippen molar-refractivity contribution < 1.29 is 0 Å². The Hall–Kier alpha value is -1.00. The van der Waals surface area contributed by atoms with Crippen LogP contribution in [0.3, 0.4) is 0 Å². The molecule has 1 aromatic heterocycles. The first kappa shape index (κ1) is 11.5. The van der Waals surface area contributed by atoms with E-state index < -0.39 is 0 Å². The van der Waals surface area contributed by atoms with Gasteiger partial charge in [0.05, 0.1) is 0 Å². The van der Waals surface area contributed by atoms with Crippen molar-refractivity contribution in [3.63, 3.8) is 0 Å². The van der Waals surface area contributed by atoms with Gasteiger partial charge in [-0.05, 0) is 32.9 Å². The summed E-state index contributed by atoms with van der Waals surface area (Å²) in [5, 5.41) is 3.48. The molecule has 0 aliphatic heterocycles. The van der Waals surface area contributed by atoms with Gasteiger partial charge in [-0.25, -0.2) is 9.97 Å². The van der Waals surface area contributed by atoms with Crippen LogP contribution in [0, 0.1) is 5.92 Å². The van der Waals surface area contributed by atoms with Crippen LogP contribution in [0.1, 0.15) is 18.4 Å². The van der Waals surface area contributed by atoms with E-state index in [1.165, 1.54) is 12.8 Å². The number of nitrogens with zero attached hydrogens (tertiary/aromatic N) is 3. The maximum atomic E-state index is 4.00. The first-order chi connectivity index (χ1) is 7.77. The van der Waals surface area contributed by atoms with Gasteiger partial charge in [0.2, 0.25) is 0 Å². The number of hydrogen-bond donors (Lipinski definition) is 1. The molecule has 1 aromatic rings. The van der Waals surface area contributed by atoms with Crippen molar-refractivity contribution in [1.29, 1.82) is 0 Å². The predicted molar refractivity (Wildman–Crippen MR) is 63.9 cm³/mol. The lowest BCUT2D eigenvalue weighted by Gasteiger charge is -2.24. The molecule has 1 N–H and O–H groups in total. The normalized spacial score (nSPS) is 17.7. The second-order valence-electron chi connectivity index (χ2n) is 4.75. The minimum Gasteiger partial charge on any atom is -0.311 e. The second kappa shape index (κ2) is 5.37. The van der Waals surface area contributed by atoms with E-state index in [-0.39, 0.29) is 0 Å². The Morgan fingerprint density at radius 3 is 2.62 bits per heavy atom. The molecule has 1 aliphatic rings. The van der Waals surface area contributed by atoms with Crippen LogP contribution in [-0.4, -0.2) is 41.5 Å². The summed E-state index contributed by atoms with van der Waals surface area (Å²) in [6.07, 6.45) is 8.07. The van der Waals surface area contributed by atoms with E-state index in [2.05, 4.69) is 34.3 Å². The molecule has 1 atom stereocenters. The van der Waals surface area contributed by atoms with E-state index in [0.717, 1.165) is 24.6 Å². The number of likely N-dealkylation sites (N-methyl/N-ethyl adjacent to an activating group) is 1. The third-order valence-corrected chi connectivity index (χ3v) is 3.13. The highest BCUT2D eigenvalue weighted by molar-refractivity contribution is 5.01. The van der Waals surface area contributed by atoms with Crippen molar-refractivity contribution in [2.75, 3.05) is 20.6 Å². The molecule has 1 saturated carbocycles. The van der Waals surface area contributed by atoms with Crippen LogP contribution >= 0.6 is 0 Å². The van der Waals surface area contributed by atoms with Gasteiger partial charge in [0.1, 0.15) is 6.33 Å². The zero-order chi connectivity index (χ0) is 11.4. The van der Waals surface area contributed by atoms with Crippen LogP contribution in [0.15, 0.2) is 18.7 Å². The minimum absolute atomic E-state index is 0.671. The smallest absolute Gasteiger partial charge is 0.115 e. The lowest BCUT2D eigenvalue weighted by molar-refractivity contribution is 0.255. The van der Waals surface area contributed by atoms with Crippen LogP contribution in [0.2, 0.25) is 0 Å². The van der Waals surface area contributed by atoms with Crippen molar-refractivity contribution in [1.82, 2.24) is 20.2 Å². The van der Waals surface area contributed by atoms with Crippen molar-refractivity contribution >= 4 is 0 Å². The molecule has 1 unspecified atom stereocenters. The van der Waals surface area contributed by atoms with E-state index in [1.807, 2.05) is 12.4 Å². The first-order valence-electron chi connectivity index (χ1n) is 5.88. The Morgan fingerprint density at radius 2 is 2.06 bits per heavy atom. The van der Waals surface area contributed by atoms with Gasteiger partial charge >= 0.3 is 0 Å². The highest BCUT2D eigenvalue weighted by atomic mass is 15.1. The van der Waals surface area contributed by atoms with E-state index in [0.29, 0.717) is 6.04 Å². The van der Waals surface area contributed by atoms with E-state index in [4.69, 9.17) is 0 Å². The number of nitrogens with one attached hydrogen (secondary N) is 1. The lowest BCUT2D eigenvalue weighted by Crippen LogP contribution is -2.39. The third kappa shape index (κ3) is 3.25. The number of hydrogen-bond acceptors (Lipinski definition) is 4. The molecule has 0 radical (unpaired) electrons. The molecule has 16 heavy (non-hydrogen) atoms. The molecule has 0 spiro atoms. The van der Waals surface area contributed by atoms with Crippen LogP contribution < -0.4 is 5.32 Å². The van der Waals surface area contributed by atoms with E-state index >= 15 is 0 Å². The number of aromatic nitrogens is 2. The van der Waals surface area contributed by atoms with Gasteiger partial charge in [-0.15, -0.1) is 0 Å². The molecular weight excluding hydrogens is 200 g/mol. The molecule has 0 saturated heterocycles. The fourth-order valence-electron chi connectivity index (χ4n) is 2.04. The third-order valence-electron chi connectivity index (χ3n) is 3.13. The van der Waals surface area contributed by atoms with Gasteiger partial charge in [0, 0.05) is 37.1 Å². The fraction of sp³-hybridized carbons (Fsp3) is 0.667. The summed E-state index contributed by atoms with van der Waals surface area (Å²) >= 11 is 0. The molecule has 2 rings (SSSR count). The predicted octanol–water partition coefficient (Wildman–Crippen LogP) is 0.906. The monoisotopic (exact) mass is 220 g/mol. The quantitative estimate of drug-likeness (QED) is 0.773. The Bertz CT molecular complexity index is 306. The summed E-state index contributed by atoms with van der Waals surface area (Å²) in [7, 11) is 4.33. The van der Waals surface area contributed by atoms with Crippen molar-refractivity contribution in [3.8, 4) is 0 Å².